The summed E-state index contributed by atoms with van der Waals surface area (Å²) in [6.45, 7) is 2.35. The predicted octanol–water partition coefficient (Wildman–Crippen LogP) is 2.85. The lowest BCUT2D eigenvalue weighted by Crippen LogP contribution is -2.35. The predicted molar refractivity (Wildman–Crippen MR) is 88.1 cm³/mol. The first-order valence-corrected chi connectivity index (χ1v) is 8.57. The van der Waals surface area contributed by atoms with Crippen molar-refractivity contribution in [3.63, 3.8) is 0 Å². The number of nitrogens with zero attached hydrogens (tertiary/aromatic N) is 2. The average Bonchev–Trinajstić information content (AvgIpc) is 3.30. The third-order valence-electron chi connectivity index (χ3n) is 5.33. The summed E-state index contributed by atoms with van der Waals surface area (Å²) in [4.78, 5) is 6.86. The third kappa shape index (κ3) is 2.40. The van der Waals surface area contributed by atoms with Crippen molar-refractivity contribution in [3.05, 3.63) is 48.2 Å². The van der Waals surface area contributed by atoms with E-state index in [2.05, 4.69) is 22.0 Å². The van der Waals surface area contributed by atoms with Crippen molar-refractivity contribution in [2.75, 3.05) is 13.3 Å². The van der Waals surface area contributed by atoms with Crippen LogP contribution in [0.4, 0.5) is 0 Å². The van der Waals surface area contributed by atoms with Crippen molar-refractivity contribution >= 4 is 0 Å². The molecule has 124 valence electrons. The van der Waals surface area contributed by atoms with E-state index in [1.807, 2.05) is 24.3 Å². The quantitative estimate of drug-likeness (QED) is 0.865. The standard InChI is InChI=1S/C19H20N2O3/c1-2-8-20-18(3-1)24-19-14-5-6-15(19)21(11-14)10-13-4-7-16-17(9-13)23-12-22-16/h1-4,7-9,14-15,19H,5-6,10-12H2/t14-,15+,19-/m0/s1. The van der Waals surface area contributed by atoms with E-state index in [1.54, 1.807) is 6.20 Å². The van der Waals surface area contributed by atoms with Gasteiger partial charge in [0, 0.05) is 37.3 Å². The number of benzene rings is 1. The molecule has 1 aliphatic carbocycles. The number of piperidine rings is 1. The molecular formula is C19H20N2O3. The molecule has 1 saturated heterocycles. The molecule has 1 aromatic heterocycles. The molecule has 1 aromatic carbocycles. The molecule has 3 aliphatic rings. The van der Waals surface area contributed by atoms with Gasteiger partial charge in [-0.1, -0.05) is 12.1 Å². The molecule has 2 fully saturated rings. The molecule has 5 nitrogen and oxygen atoms in total. The van der Waals surface area contributed by atoms with Gasteiger partial charge in [-0.2, -0.15) is 0 Å². The third-order valence-corrected chi connectivity index (χ3v) is 5.33. The van der Waals surface area contributed by atoms with Gasteiger partial charge in [0.2, 0.25) is 12.7 Å². The number of aromatic nitrogens is 1. The van der Waals surface area contributed by atoms with Crippen LogP contribution in [0.3, 0.4) is 0 Å². The molecular weight excluding hydrogens is 304 g/mol. The van der Waals surface area contributed by atoms with E-state index in [0.717, 1.165) is 30.5 Å². The maximum atomic E-state index is 6.21. The van der Waals surface area contributed by atoms with Gasteiger partial charge < -0.3 is 14.2 Å². The summed E-state index contributed by atoms with van der Waals surface area (Å²) < 4.78 is 17.1. The molecule has 2 bridgehead atoms. The van der Waals surface area contributed by atoms with Crippen LogP contribution < -0.4 is 14.2 Å². The van der Waals surface area contributed by atoms with Crippen molar-refractivity contribution in [2.24, 2.45) is 5.92 Å². The molecule has 5 rings (SSSR count). The van der Waals surface area contributed by atoms with E-state index in [9.17, 15) is 0 Å². The zero-order valence-electron chi connectivity index (χ0n) is 13.4. The van der Waals surface area contributed by atoms with Crippen LogP contribution in [0, 0.1) is 5.92 Å². The van der Waals surface area contributed by atoms with E-state index in [4.69, 9.17) is 14.2 Å². The highest BCUT2D eigenvalue weighted by molar-refractivity contribution is 5.44. The summed E-state index contributed by atoms with van der Waals surface area (Å²) in [7, 11) is 0. The van der Waals surface area contributed by atoms with Crippen molar-refractivity contribution in [2.45, 2.75) is 31.5 Å². The Balaban J connectivity index is 1.30. The van der Waals surface area contributed by atoms with Gasteiger partial charge in [0.15, 0.2) is 11.5 Å². The van der Waals surface area contributed by atoms with E-state index in [-0.39, 0.29) is 6.10 Å². The highest BCUT2D eigenvalue weighted by atomic mass is 16.7. The van der Waals surface area contributed by atoms with Crippen LogP contribution in [0.1, 0.15) is 18.4 Å². The van der Waals surface area contributed by atoms with Crippen LogP contribution in [0.2, 0.25) is 0 Å². The molecule has 0 radical (unpaired) electrons. The van der Waals surface area contributed by atoms with Gasteiger partial charge in [-0.3, -0.25) is 4.90 Å². The lowest BCUT2D eigenvalue weighted by atomic mass is 10.1. The number of hydrogen-bond acceptors (Lipinski definition) is 5. The fourth-order valence-corrected chi connectivity index (χ4v) is 4.24. The maximum Gasteiger partial charge on any atom is 0.231 e. The molecule has 0 spiro atoms. The SMILES string of the molecule is c1ccc(O[C@H]2[C@H]3CC[C@H]2N(Cc2ccc4c(c2)OCO4)C3)nc1. The lowest BCUT2D eigenvalue weighted by molar-refractivity contribution is 0.137. The molecule has 3 atom stereocenters. The van der Waals surface area contributed by atoms with Crippen LogP contribution in [0.25, 0.3) is 0 Å². The minimum atomic E-state index is 0.258. The van der Waals surface area contributed by atoms with Gasteiger partial charge in [-0.15, -0.1) is 0 Å². The summed E-state index contributed by atoms with van der Waals surface area (Å²) in [5.41, 5.74) is 1.27. The molecule has 2 aliphatic heterocycles. The van der Waals surface area contributed by atoms with Gasteiger partial charge in [0.25, 0.3) is 0 Å². The highest BCUT2D eigenvalue weighted by Gasteiger charge is 2.48. The van der Waals surface area contributed by atoms with Crippen LogP contribution in [0.5, 0.6) is 17.4 Å². The molecule has 0 unspecified atom stereocenters. The molecule has 0 amide bonds. The second-order valence-electron chi connectivity index (χ2n) is 6.77. The first-order valence-electron chi connectivity index (χ1n) is 8.57. The van der Waals surface area contributed by atoms with Crippen LogP contribution in [0.15, 0.2) is 42.6 Å². The van der Waals surface area contributed by atoms with Crippen LogP contribution in [-0.2, 0) is 6.54 Å². The van der Waals surface area contributed by atoms with E-state index in [1.165, 1.54) is 18.4 Å². The first-order chi connectivity index (χ1) is 11.9. The van der Waals surface area contributed by atoms with Crippen molar-refractivity contribution in [1.82, 2.24) is 9.88 Å². The molecule has 24 heavy (non-hydrogen) atoms. The fourth-order valence-electron chi connectivity index (χ4n) is 4.24. The number of likely N-dealkylation sites (tertiary alicyclic amines) is 1. The molecule has 5 heteroatoms. The zero-order valence-corrected chi connectivity index (χ0v) is 13.4. The second-order valence-corrected chi connectivity index (χ2v) is 6.77. The van der Waals surface area contributed by atoms with Crippen molar-refractivity contribution < 1.29 is 14.2 Å². The van der Waals surface area contributed by atoms with Gasteiger partial charge >= 0.3 is 0 Å². The number of pyridine rings is 1. The normalized spacial score (nSPS) is 27.6. The monoisotopic (exact) mass is 324 g/mol. The lowest BCUT2D eigenvalue weighted by Gasteiger charge is -2.27. The minimum Gasteiger partial charge on any atom is -0.472 e. The van der Waals surface area contributed by atoms with E-state index >= 15 is 0 Å². The number of hydrogen-bond donors (Lipinski definition) is 0. The van der Waals surface area contributed by atoms with Crippen molar-refractivity contribution in [3.8, 4) is 17.4 Å². The Morgan fingerprint density at radius 1 is 1.12 bits per heavy atom. The Bertz CT molecular complexity index is 737. The topological polar surface area (TPSA) is 43.8 Å². The Labute approximate surface area is 141 Å². The zero-order chi connectivity index (χ0) is 15.9. The summed E-state index contributed by atoms with van der Waals surface area (Å²) in [6, 6.07) is 12.6. The summed E-state index contributed by atoms with van der Waals surface area (Å²) >= 11 is 0. The van der Waals surface area contributed by atoms with Gasteiger partial charge in [-0.05, 0) is 36.6 Å². The fraction of sp³-hybridized carbons (Fsp3) is 0.421. The highest BCUT2D eigenvalue weighted by Crippen LogP contribution is 2.41. The molecule has 3 heterocycles. The summed E-state index contributed by atoms with van der Waals surface area (Å²) in [5, 5.41) is 0. The van der Waals surface area contributed by atoms with Gasteiger partial charge in [0.1, 0.15) is 6.10 Å². The maximum absolute atomic E-state index is 6.21. The smallest absolute Gasteiger partial charge is 0.231 e. The summed E-state index contributed by atoms with van der Waals surface area (Å²) in [5.74, 6) is 3.05. The number of fused-ring (bicyclic) bond motifs is 3. The van der Waals surface area contributed by atoms with E-state index < -0.39 is 0 Å². The average molecular weight is 324 g/mol. The number of ether oxygens (including phenoxy) is 3. The molecule has 0 N–H and O–H groups in total. The number of rotatable bonds is 4. The summed E-state index contributed by atoms with van der Waals surface area (Å²) in [6.07, 6.45) is 4.50. The Hall–Kier alpha value is -2.27. The van der Waals surface area contributed by atoms with Gasteiger partial charge in [0.05, 0.1) is 0 Å². The van der Waals surface area contributed by atoms with Crippen LogP contribution in [-0.4, -0.2) is 35.4 Å². The minimum absolute atomic E-state index is 0.258. The van der Waals surface area contributed by atoms with Gasteiger partial charge in [-0.25, -0.2) is 4.98 Å². The molecule has 2 aromatic rings. The largest absolute Gasteiger partial charge is 0.472 e. The Kier molecular flexibility index (Phi) is 3.33. The first kappa shape index (κ1) is 14.1. The van der Waals surface area contributed by atoms with Crippen molar-refractivity contribution in [1.29, 1.82) is 0 Å². The van der Waals surface area contributed by atoms with E-state index in [0.29, 0.717) is 18.8 Å². The molecule has 1 saturated carbocycles. The van der Waals surface area contributed by atoms with Crippen LogP contribution >= 0.6 is 0 Å². The second kappa shape index (κ2) is 5.67. The Morgan fingerprint density at radius 3 is 3.00 bits per heavy atom. The Morgan fingerprint density at radius 2 is 2.08 bits per heavy atom.